The summed E-state index contributed by atoms with van der Waals surface area (Å²) in [7, 11) is 3.39. The fourth-order valence-electron chi connectivity index (χ4n) is 3.54. The lowest BCUT2D eigenvalue weighted by Crippen LogP contribution is -2.52. The smallest absolute Gasteiger partial charge is 0.377 e. The second kappa shape index (κ2) is 12.2. The van der Waals surface area contributed by atoms with Crippen LogP contribution >= 0.6 is 0 Å². The molecule has 10 heteroatoms. The first-order valence-electron chi connectivity index (χ1n) is 9.58. The van der Waals surface area contributed by atoms with E-state index in [1.165, 1.54) is 0 Å². The molecule has 0 aromatic heterocycles. The Bertz CT molecular complexity index is 356. The first-order chi connectivity index (χ1) is 12.5. The maximum atomic E-state index is 5.65. The van der Waals surface area contributed by atoms with Gasteiger partial charge in [0.25, 0.3) is 0 Å². The molecule has 0 heterocycles. The molecule has 7 nitrogen and oxygen atoms in total. The Hall–Kier alpha value is 0.371. The van der Waals surface area contributed by atoms with Crippen LogP contribution in [0.2, 0.25) is 30.7 Å². The molecule has 0 aliphatic carbocycles. The highest BCUT2D eigenvalue weighted by atomic mass is 28.4. The van der Waals surface area contributed by atoms with E-state index < -0.39 is 25.8 Å². The van der Waals surface area contributed by atoms with Crippen LogP contribution < -0.4 is 0 Å². The van der Waals surface area contributed by atoms with Gasteiger partial charge >= 0.3 is 17.6 Å². The van der Waals surface area contributed by atoms with Gasteiger partial charge in [0, 0.05) is 53.7 Å². The minimum atomic E-state index is -2.60. The summed E-state index contributed by atoms with van der Waals surface area (Å²) in [5, 5.41) is 0. The Kier molecular flexibility index (Phi) is 12.3. The van der Waals surface area contributed by atoms with E-state index in [9.17, 15) is 0 Å². The third-order valence-corrected chi connectivity index (χ3v) is 14.3. The van der Waals surface area contributed by atoms with Gasteiger partial charge in [-0.05, 0) is 25.9 Å². The minimum absolute atomic E-state index is 0.235. The first-order valence-corrected chi connectivity index (χ1v) is 16.6. The van der Waals surface area contributed by atoms with E-state index in [4.69, 9.17) is 26.6 Å². The van der Waals surface area contributed by atoms with Crippen LogP contribution in [0.15, 0.2) is 0 Å². The van der Waals surface area contributed by atoms with E-state index in [1.807, 2.05) is 0 Å². The van der Waals surface area contributed by atoms with Crippen LogP contribution in [0.3, 0.4) is 0 Å². The Balaban J connectivity index is 5.03. The van der Waals surface area contributed by atoms with Gasteiger partial charge in [0.05, 0.1) is 0 Å². The molecule has 0 fully saturated rings. The molecule has 0 aromatic rings. The SMILES string of the molecule is CO[Si](OC)(OC)C(C)CCN(CCC(C)[Si](OC)(OC)OC)[Si](C)(C)C. The lowest BCUT2D eigenvalue weighted by Gasteiger charge is -2.38. The molecule has 0 N–H and O–H groups in total. The summed E-state index contributed by atoms with van der Waals surface area (Å²) in [5.74, 6) is 0. The van der Waals surface area contributed by atoms with Crippen LogP contribution in [0.25, 0.3) is 0 Å². The van der Waals surface area contributed by atoms with Crippen LogP contribution in [0.5, 0.6) is 0 Å². The standard InChI is InChI=1S/C17H43NO6Si3/c1-16(26(19-3,20-4)21-5)12-14-18(25(9,10)11)15-13-17(2)27(22-6,23-7)24-8/h16-17H,12-15H2,1-11H3. The third-order valence-electron chi connectivity index (χ3n) is 5.53. The summed E-state index contributed by atoms with van der Waals surface area (Å²) in [6.45, 7) is 13.4. The summed E-state index contributed by atoms with van der Waals surface area (Å²) < 4.78 is 36.5. The Morgan fingerprint density at radius 3 is 1.04 bits per heavy atom. The summed E-state index contributed by atoms with van der Waals surface area (Å²) in [6.07, 6.45) is 1.95. The molecule has 0 aliphatic rings. The van der Waals surface area contributed by atoms with Crippen molar-refractivity contribution in [2.75, 3.05) is 55.7 Å². The highest BCUT2D eigenvalue weighted by Gasteiger charge is 2.46. The van der Waals surface area contributed by atoms with Gasteiger partial charge in [-0.3, -0.25) is 0 Å². The van der Waals surface area contributed by atoms with Crippen LogP contribution in [0.4, 0.5) is 0 Å². The quantitative estimate of drug-likeness (QED) is 0.361. The Morgan fingerprint density at radius 1 is 0.593 bits per heavy atom. The van der Waals surface area contributed by atoms with E-state index in [0.717, 1.165) is 25.9 Å². The molecule has 0 aliphatic heterocycles. The predicted octanol–water partition coefficient (Wildman–Crippen LogP) is 3.44. The van der Waals surface area contributed by atoms with E-state index in [1.54, 1.807) is 42.7 Å². The van der Waals surface area contributed by atoms with E-state index in [2.05, 4.69) is 38.1 Å². The molecule has 164 valence electrons. The van der Waals surface area contributed by atoms with Crippen molar-refractivity contribution in [1.29, 1.82) is 0 Å². The number of hydrogen-bond acceptors (Lipinski definition) is 7. The zero-order valence-corrected chi connectivity index (χ0v) is 22.4. The van der Waals surface area contributed by atoms with Crippen molar-refractivity contribution in [3.63, 3.8) is 0 Å². The molecule has 2 unspecified atom stereocenters. The van der Waals surface area contributed by atoms with Gasteiger partial charge in [-0.1, -0.05) is 33.5 Å². The van der Waals surface area contributed by atoms with Crippen LogP contribution in [-0.4, -0.2) is 86.2 Å². The zero-order chi connectivity index (χ0) is 21.3. The largest absolute Gasteiger partial charge is 0.503 e. The van der Waals surface area contributed by atoms with Crippen LogP contribution in [0, 0.1) is 0 Å². The fourth-order valence-corrected chi connectivity index (χ4v) is 9.52. The van der Waals surface area contributed by atoms with Gasteiger partial charge in [0.2, 0.25) is 0 Å². The second-order valence-corrected chi connectivity index (χ2v) is 19.8. The van der Waals surface area contributed by atoms with E-state index in [-0.39, 0.29) is 11.1 Å². The van der Waals surface area contributed by atoms with Gasteiger partial charge in [-0.25, -0.2) is 0 Å². The average molecular weight is 442 g/mol. The number of nitrogens with zero attached hydrogens (tertiary/aromatic N) is 1. The molecule has 0 rings (SSSR count). The van der Waals surface area contributed by atoms with Crippen molar-refractivity contribution in [2.45, 2.75) is 57.4 Å². The van der Waals surface area contributed by atoms with Crippen molar-refractivity contribution < 1.29 is 26.6 Å². The lowest BCUT2D eigenvalue weighted by molar-refractivity contribution is 0.109. The van der Waals surface area contributed by atoms with Crippen LogP contribution in [0.1, 0.15) is 26.7 Å². The zero-order valence-electron chi connectivity index (χ0n) is 19.4. The number of rotatable bonds is 15. The van der Waals surface area contributed by atoms with Crippen molar-refractivity contribution in [1.82, 2.24) is 4.57 Å². The molecule has 27 heavy (non-hydrogen) atoms. The van der Waals surface area contributed by atoms with Gasteiger partial charge in [0.1, 0.15) is 8.24 Å². The van der Waals surface area contributed by atoms with Crippen molar-refractivity contribution in [3.05, 3.63) is 0 Å². The second-order valence-electron chi connectivity index (χ2n) is 7.97. The summed E-state index contributed by atoms with van der Waals surface area (Å²) in [5.41, 5.74) is 0.471. The van der Waals surface area contributed by atoms with E-state index in [0.29, 0.717) is 0 Å². The molecule has 0 saturated carbocycles. The molecule has 0 saturated heterocycles. The first kappa shape index (κ1) is 27.4. The molecular formula is C17H43NO6Si3. The Morgan fingerprint density at radius 2 is 0.852 bits per heavy atom. The van der Waals surface area contributed by atoms with Crippen LogP contribution in [-0.2, 0) is 26.6 Å². The van der Waals surface area contributed by atoms with Crippen molar-refractivity contribution in [2.24, 2.45) is 0 Å². The summed E-state index contributed by atoms with van der Waals surface area (Å²) >= 11 is 0. The summed E-state index contributed by atoms with van der Waals surface area (Å²) in [4.78, 5) is 0. The summed E-state index contributed by atoms with van der Waals surface area (Å²) in [6, 6.07) is 0. The average Bonchev–Trinajstić information content (AvgIpc) is 2.64. The van der Waals surface area contributed by atoms with Gasteiger partial charge in [-0.15, -0.1) is 0 Å². The highest BCUT2D eigenvalue weighted by Crippen LogP contribution is 2.30. The number of hydrogen-bond donors (Lipinski definition) is 0. The van der Waals surface area contributed by atoms with Gasteiger partial charge in [-0.2, -0.15) is 0 Å². The lowest BCUT2D eigenvalue weighted by atomic mass is 10.3. The molecule has 2 atom stereocenters. The highest BCUT2D eigenvalue weighted by molar-refractivity contribution is 6.73. The minimum Gasteiger partial charge on any atom is -0.377 e. The molecule has 0 spiro atoms. The third kappa shape index (κ3) is 7.28. The van der Waals surface area contributed by atoms with Crippen molar-refractivity contribution in [3.8, 4) is 0 Å². The maximum absolute atomic E-state index is 5.65. The molecule has 0 bridgehead atoms. The van der Waals surface area contributed by atoms with Gasteiger partial charge in [0.15, 0.2) is 0 Å². The topological polar surface area (TPSA) is 58.6 Å². The molecule has 0 aromatic carbocycles. The van der Waals surface area contributed by atoms with E-state index >= 15 is 0 Å². The molecule has 0 amide bonds. The maximum Gasteiger partial charge on any atom is 0.503 e. The molecule has 0 radical (unpaired) electrons. The van der Waals surface area contributed by atoms with Gasteiger partial charge < -0.3 is 31.1 Å². The normalized spacial score (nSPS) is 16.0. The molecular weight excluding hydrogens is 398 g/mol. The fraction of sp³-hybridized carbons (Fsp3) is 1.00. The Labute approximate surface area is 170 Å². The monoisotopic (exact) mass is 441 g/mol. The predicted molar refractivity (Wildman–Crippen MR) is 117 cm³/mol. The van der Waals surface area contributed by atoms with Crippen molar-refractivity contribution >= 4 is 25.8 Å².